The van der Waals surface area contributed by atoms with Crippen LogP contribution in [0.25, 0.3) is 0 Å². The molecule has 0 bridgehead atoms. The highest BCUT2D eigenvalue weighted by Gasteiger charge is 2.12. The normalized spacial score (nSPS) is 12.4. The summed E-state index contributed by atoms with van der Waals surface area (Å²) in [4.78, 5) is 0. The quantitative estimate of drug-likeness (QED) is 0.881. The van der Waals surface area contributed by atoms with Gasteiger partial charge in [-0.3, -0.25) is 4.68 Å². The van der Waals surface area contributed by atoms with Gasteiger partial charge in [-0.05, 0) is 25.3 Å². The van der Waals surface area contributed by atoms with E-state index in [0.29, 0.717) is 6.04 Å². The van der Waals surface area contributed by atoms with E-state index < -0.39 is 0 Å². The standard InChI is InChI=1S/C16H23N3/c1-5-14(13-9-7-12(3)8-10-13)17-16-11-19(4)18-15(16)6-2/h7-11,14,17H,5-6H2,1-4H3. The Balaban J connectivity index is 2.21. The zero-order valence-electron chi connectivity index (χ0n) is 12.3. The van der Waals surface area contributed by atoms with Crippen molar-refractivity contribution in [1.29, 1.82) is 0 Å². The van der Waals surface area contributed by atoms with Gasteiger partial charge >= 0.3 is 0 Å². The van der Waals surface area contributed by atoms with Crippen LogP contribution in [-0.4, -0.2) is 9.78 Å². The highest BCUT2D eigenvalue weighted by atomic mass is 15.3. The minimum Gasteiger partial charge on any atom is -0.375 e. The first-order valence-corrected chi connectivity index (χ1v) is 6.99. The third kappa shape index (κ3) is 3.16. The Hall–Kier alpha value is -1.77. The van der Waals surface area contributed by atoms with Crippen LogP contribution in [0, 0.1) is 6.92 Å². The summed E-state index contributed by atoms with van der Waals surface area (Å²) in [5.41, 5.74) is 4.92. The fourth-order valence-electron chi connectivity index (χ4n) is 2.32. The molecule has 3 heteroatoms. The molecule has 0 saturated heterocycles. The molecule has 1 atom stereocenters. The zero-order chi connectivity index (χ0) is 13.8. The maximum atomic E-state index is 4.48. The van der Waals surface area contributed by atoms with E-state index >= 15 is 0 Å². The molecule has 1 aromatic carbocycles. The summed E-state index contributed by atoms with van der Waals surface area (Å²) in [6.45, 7) is 6.47. The molecule has 2 rings (SSSR count). The number of hydrogen-bond acceptors (Lipinski definition) is 2. The minimum atomic E-state index is 0.343. The molecule has 0 fully saturated rings. The van der Waals surface area contributed by atoms with Crippen molar-refractivity contribution >= 4 is 5.69 Å². The average Bonchev–Trinajstić information content (AvgIpc) is 2.77. The summed E-state index contributed by atoms with van der Waals surface area (Å²) < 4.78 is 1.88. The van der Waals surface area contributed by atoms with E-state index in [0.717, 1.165) is 24.2 Å². The summed E-state index contributed by atoms with van der Waals surface area (Å²) in [7, 11) is 1.97. The zero-order valence-corrected chi connectivity index (χ0v) is 12.3. The van der Waals surface area contributed by atoms with E-state index in [1.807, 2.05) is 11.7 Å². The van der Waals surface area contributed by atoms with Crippen molar-refractivity contribution in [1.82, 2.24) is 9.78 Å². The lowest BCUT2D eigenvalue weighted by atomic mass is 10.0. The molecular weight excluding hydrogens is 234 g/mol. The molecule has 1 aromatic heterocycles. The molecule has 0 spiro atoms. The van der Waals surface area contributed by atoms with Gasteiger partial charge in [0.25, 0.3) is 0 Å². The minimum absolute atomic E-state index is 0.343. The number of benzene rings is 1. The van der Waals surface area contributed by atoms with Crippen molar-refractivity contribution in [2.24, 2.45) is 7.05 Å². The maximum absolute atomic E-state index is 4.48. The Labute approximate surface area is 115 Å². The van der Waals surface area contributed by atoms with Gasteiger partial charge < -0.3 is 5.32 Å². The van der Waals surface area contributed by atoms with Gasteiger partial charge in [0.05, 0.1) is 17.4 Å². The monoisotopic (exact) mass is 257 g/mol. The second-order valence-corrected chi connectivity index (χ2v) is 5.03. The molecule has 1 heterocycles. The third-order valence-corrected chi connectivity index (χ3v) is 3.46. The Morgan fingerprint density at radius 2 is 1.89 bits per heavy atom. The molecule has 102 valence electrons. The van der Waals surface area contributed by atoms with Crippen LogP contribution in [0.3, 0.4) is 0 Å². The van der Waals surface area contributed by atoms with E-state index in [9.17, 15) is 0 Å². The van der Waals surface area contributed by atoms with Crippen LogP contribution in [0.4, 0.5) is 5.69 Å². The van der Waals surface area contributed by atoms with Crippen molar-refractivity contribution in [2.45, 2.75) is 39.7 Å². The highest BCUT2D eigenvalue weighted by Crippen LogP contribution is 2.25. The van der Waals surface area contributed by atoms with Gasteiger partial charge in [0, 0.05) is 13.2 Å². The predicted octanol–water partition coefficient (Wildman–Crippen LogP) is 3.85. The predicted molar refractivity (Wildman–Crippen MR) is 80.4 cm³/mol. The van der Waals surface area contributed by atoms with E-state index in [4.69, 9.17) is 0 Å². The summed E-state index contributed by atoms with van der Waals surface area (Å²) in [5, 5.41) is 8.10. The number of rotatable bonds is 5. The summed E-state index contributed by atoms with van der Waals surface area (Å²) in [6, 6.07) is 9.10. The molecule has 3 nitrogen and oxygen atoms in total. The molecule has 0 radical (unpaired) electrons. The number of nitrogens with zero attached hydrogens (tertiary/aromatic N) is 2. The van der Waals surface area contributed by atoms with Gasteiger partial charge in [0.2, 0.25) is 0 Å². The molecule has 0 saturated carbocycles. The number of hydrogen-bond donors (Lipinski definition) is 1. The van der Waals surface area contributed by atoms with E-state index in [1.54, 1.807) is 0 Å². The smallest absolute Gasteiger partial charge is 0.0853 e. The first-order chi connectivity index (χ1) is 9.13. The second kappa shape index (κ2) is 5.91. The lowest BCUT2D eigenvalue weighted by Crippen LogP contribution is -2.10. The fourth-order valence-corrected chi connectivity index (χ4v) is 2.32. The van der Waals surface area contributed by atoms with Gasteiger partial charge in [-0.25, -0.2) is 0 Å². The number of anilines is 1. The maximum Gasteiger partial charge on any atom is 0.0853 e. The van der Waals surface area contributed by atoms with E-state index in [-0.39, 0.29) is 0 Å². The molecule has 19 heavy (non-hydrogen) atoms. The Morgan fingerprint density at radius 3 is 2.47 bits per heavy atom. The fraction of sp³-hybridized carbons (Fsp3) is 0.438. The van der Waals surface area contributed by atoms with Crippen molar-refractivity contribution in [3.63, 3.8) is 0 Å². The molecule has 0 aliphatic carbocycles. The lowest BCUT2D eigenvalue weighted by molar-refractivity contribution is 0.746. The second-order valence-electron chi connectivity index (χ2n) is 5.03. The van der Waals surface area contributed by atoms with Crippen molar-refractivity contribution in [3.05, 3.63) is 47.3 Å². The Kier molecular flexibility index (Phi) is 4.25. The van der Waals surface area contributed by atoms with Crippen molar-refractivity contribution in [2.75, 3.05) is 5.32 Å². The highest BCUT2D eigenvalue weighted by molar-refractivity contribution is 5.48. The SMILES string of the molecule is CCc1nn(C)cc1NC(CC)c1ccc(C)cc1. The van der Waals surface area contributed by atoms with E-state index in [2.05, 4.69) is 61.6 Å². The van der Waals surface area contributed by atoms with Gasteiger partial charge in [-0.1, -0.05) is 43.7 Å². The van der Waals surface area contributed by atoms with Gasteiger partial charge in [-0.2, -0.15) is 5.10 Å². The summed E-state index contributed by atoms with van der Waals surface area (Å²) in [6.07, 6.45) is 4.07. The van der Waals surface area contributed by atoms with Crippen LogP contribution in [-0.2, 0) is 13.5 Å². The van der Waals surface area contributed by atoms with Crippen LogP contribution in [0.5, 0.6) is 0 Å². The summed E-state index contributed by atoms with van der Waals surface area (Å²) in [5.74, 6) is 0. The van der Waals surface area contributed by atoms with E-state index in [1.165, 1.54) is 11.1 Å². The molecular formula is C16H23N3. The summed E-state index contributed by atoms with van der Waals surface area (Å²) >= 11 is 0. The van der Waals surface area contributed by atoms with Crippen LogP contribution >= 0.6 is 0 Å². The molecule has 1 unspecified atom stereocenters. The molecule has 1 N–H and O–H groups in total. The van der Waals surface area contributed by atoms with Crippen molar-refractivity contribution in [3.8, 4) is 0 Å². The lowest BCUT2D eigenvalue weighted by Gasteiger charge is -2.18. The van der Waals surface area contributed by atoms with Gasteiger partial charge in [0.15, 0.2) is 0 Å². The Morgan fingerprint density at radius 1 is 1.21 bits per heavy atom. The molecule has 0 amide bonds. The van der Waals surface area contributed by atoms with Gasteiger partial charge in [0.1, 0.15) is 0 Å². The van der Waals surface area contributed by atoms with Crippen LogP contribution in [0.1, 0.15) is 43.1 Å². The van der Waals surface area contributed by atoms with Gasteiger partial charge in [-0.15, -0.1) is 0 Å². The number of nitrogens with one attached hydrogen (secondary N) is 1. The molecule has 2 aromatic rings. The molecule has 0 aliphatic rings. The largest absolute Gasteiger partial charge is 0.375 e. The average molecular weight is 257 g/mol. The Bertz CT molecular complexity index is 525. The first-order valence-electron chi connectivity index (χ1n) is 6.99. The van der Waals surface area contributed by atoms with Crippen LogP contribution < -0.4 is 5.32 Å². The van der Waals surface area contributed by atoms with Crippen LogP contribution in [0.15, 0.2) is 30.5 Å². The number of aromatic nitrogens is 2. The first kappa shape index (κ1) is 13.7. The third-order valence-electron chi connectivity index (χ3n) is 3.46. The number of aryl methyl sites for hydroxylation is 3. The molecule has 0 aliphatic heterocycles. The van der Waals surface area contributed by atoms with Crippen molar-refractivity contribution < 1.29 is 0 Å². The topological polar surface area (TPSA) is 29.9 Å². The van der Waals surface area contributed by atoms with Crippen LogP contribution in [0.2, 0.25) is 0 Å².